The van der Waals surface area contributed by atoms with Crippen LogP contribution in [0.15, 0.2) is 12.1 Å². The molecule has 20 heavy (non-hydrogen) atoms. The zero-order valence-electron chi connectivity index (χ0n) is 11.3. The molecule has 0 amide bonds. The number of carboxylic acids is 1. The van der Waals surface area contributed by atoms with Crippen LogP contribution in [0.3, 0.4) is 0 Å². The third-order valence-electron chi connectivity index (χ3n) is 4.66. The van der Waals surface area contributed by atoms with Gasteiger partial charge in [0.2, 0.25) is 0 Å². The van der Waals surface area contributed by atoms with E-state index in [0.717, 1.165) is 25.0 Å². The Kier molecular flexibility index (Phi) is 3.09. The maximum Gasteiger partial charge on any atom is 0.308 e. The number of hydrogen-bond acceptors (Lipinski definition) is 4. The largest absolute Gasteiger partial charge is 0.481 e. The Morgan fingerprint density at radius 1 is 1.45 bits per heavy atom. The fourth-order valence-electron chi connectivity index (χ4n) is 3.77. The van der Waals surface area contributed by atoms with E-state index >= 15 is 0 Å². The first-order valence-corrected chi connectivity index (χ1v) is 6.97. The Morgan fingerprint density at radius 3 is 2.90 bits per heavy atom. The Hall–Kier alpha value is -2.09. The van der Waals surface area contributed by atoms with Gasteiger partial charge in [-0.05, 0) is 50.2 Å². The third kappa shape index (κ3) is 2.01. The number of nitriles is 1. The van der Waals surface area contributed by atoms with E-state index in [4.69, 9.17) is 5.26 Å². The topological polar surface area (TPSA) is 86.0 Å². The van der Waals surface area contributed by atoms with Gasteiger partial charge in [-0.15, -0.1) is 0 Å². The highest BCUT2D eigenvalue weighted by atomic mass is 16.4. The minimum absolute atomic E-state index is 0.104. The molecule has 1 aromatic heterocycles. The number of rotatable bonds is 3. The van der Waals surface area contributed by atoms with Gasteiger partial charge in [0, 0.05) is 11.7 Å². The Balaban J connectivity index is 1.89. The molecular formula is C15H17N3O2. The van der Waals surface area contributed by atoms with E-state index in [9.17, 15) is 9.90 Å². The highest BCUT2D eigenvalue weighted by molar-refractivity contribution is 5.73. The molecule has 4 atom stereocenters. The zero-order valence-corrected chi connectivity index (χ0v) is 11.3. The molecule has 5 nitrogen and oxygen atoms in total. The minimum Gasteiger partial charge on any atom is -0.481 e. The molecule has 1 aromatic rings. The van der Waals surface area contributed by atoms with Crippen molar-refractivity contribution in [2.45, 2.75) is 32.2 Å². The number of fused-ring (bicyclic) bond motifs is 2. The van der Waals surface area contributed by atoms with Crippen LogP contribution in [0, 0.1) is 36.0 Å². The average molecular weight is 271 g/mol. The number of carboxylic acid groups (broad SMARTS) is 1. The lowest BCUT2D eigenvalue weighted by Gasteiger charge is -2.29. The van der Waals surface area contributed by atoms with Crippen molar-refractivity contribution in [1.29, 1.82) is 5.26 Å². The van der Waals surface area contributed by atoms with Gasteiger partial charge >= 0.3 is 5.97 Å². The van der Waals surface area contributed by atoms with Crippen molar-refractivity contribution in [2.75, 3.05) is 5.32 Å². The molecule has 0 radical (unpaired) electrons. The number of aliphatic carboxylic acids is 1. The third-order valence-corrected chi connectivity index (χ3v) is 4.66. The van der Waals surface area contributed by atoms with Gasteiger partial charge < -0.3 is 10.4 Å². The SMILES string of the molecule is Cc1ccc(C#N)c(NC2C3CCC(C3)C2C(=O)O)n1. The number of aryl methyl sites for hydroxylation is 1. The number of carbonyl (C=O) groups is 1. The van der Waals surface area contributed by atoms with Crippen LogP contribution in [0.2, 0.25) is 0 Å². The molecule has 5 heteroatoms. The van der Waals surface area contributed by atoms with Crippen molar-refractivity contribution in [3.05, 3.63) is 23.4 Å². The Labute approximate surface area is 117 Å². The van der Waals surface area contributed by atoms with Crippen molar-refractivity contribution in [2.24, 2.45) is 17.8 Å². The monoisotopic (exact) mass is 271 g/mol. The predicted octanol–water partition coefficient (Wildman–Crippen LogP) is 2.17. The van der Waals surface area contributed by atoms with Crippen molar-refractivity contribution >= 4 is 11.8 Å². The van der Waals surface area contributed by atoms with Gasteiger partial charge in [0.1, 0.15) is 11.9 Å². The summed E-state index contributed by atoms with van der Waals surface area (Å²) in [5.74, 6) is 0.0834. The molecule has 2 N–H and O–H groups in total. The molecule has 0 spiro atoms. The summed E-state index contributed by atoms with van der Waals surface area (Å²) in [7, 11) is 0. The first-order valence-electron chi connectivity index (χ1n) is 6.97. The van der Waals surface area contributed by atoms with Gasteiger partial charge in [-0.3, -0.25) is 4.79 Å². The first kappa shape index (κ1) is 12.9. The number of aromatic nitrogens is 1. The van der Waals surface area contributed by atoms with E-state index < -0.39 is 5.97 Å². The summed E-state index contributed by atoms with van der Waals surface area (Å²) in [6.45, 7) is 1.86. The Morgan fingerprint density at radius 2 is 2.20 bits per heavy atom. The van der Waals surface area contributed by atoms with E-state index in [1.165, 1.54) is 0 Å². The molecule has 2 fully saturated rings. The molecular weight excluding hydrogens is 254 g/mol. The molecule has 0 saturated heterocycles. The average Bonchev–Trinajstić information content (AvgIpc) is 2.99. The van der Waals surface area contributed by atoms with Crippen LogP contribution in [0.4, 0.5) is 5.82 Å². The molecule has 4 unspecified atom stereocenters. The summed E-state index contributed by atoms with van der Waals surface area (Å²) < 4.78 is 0. The van der Waals surface area contributed by atoms with E-state index in [1.807, 2.05) is 6.92 Å². The summed E-state index contributed by atoms with van der Waals surface area (Å²) in [6, 6.07) is 5.53. The molecule has 1 heterocycles. The number of hydrogen-bond donors (Lipinski definition) is 2. The number of nitrogens with one attached hydrogen (secondary N) is 1. The van der Waals surface area contributed by atoms with Gasteiger partial charge in [-0.2, -0.15) is 5.26 Å². The van der Waals surface area contributed by atoms with Crippen LogP contribution in [0.1, 0.15) is 30.5 Å². The van der Waals surface area contributed by atoms with Crippen molar-refractivity contribution in [3.63, 3.8) is 0 Å². The molecule has 2 bridgehead atoms. The van der Waals surface area contributed by atoms with E-state index in [-0.39, 0.29) is 17.9 Å². The van der Waals surface area contributed by atoms with Gasteiger partial charge in [-0.25, -0.2) is 4.98 Å². The highest BCUT2D eigenvalue weighted by Gasteiger charge is 2.51. The van der Waals surface area contributed by atoms with Crippen molar-refractivity contribution in [3.8, 4) is 6.07 Å². The Bertz CT molecular complexity index is 593. The van der Waals surface area contributed by atoms with Crippen LogP contribution in [-0.4, -0.2) is 22.1 Å². The normalized spacial score (nSPS) is 31.0. The molecule has 2 aliphatic carbocycles. The maximum absolute atomic E-state index is 11.5. The minimum atomic E-state index is -0.735. The number of nitrogens with zero attached hydrogens (tertiary/aromatic N) is 2. The van der Waals surface area contributed by atoms with E-state index in [2.05, 4.69) is 16.4 Å². The molecule has 2 aliphatic rings. The second kappa shape index (κ2) is 4.78. The first-order chi connectivity index (χ1) is 9.60. The molecule has 2 saturated carbocycles. The smallest absolute Gasteiger partial charge is 0.308 e. The number of pyridine rings is 1. The van der Waals surface area contributed by atoms with Gasteiger partial charge in [0.15, 0.2) is 0 Å². The number of anilines is 1. The molecule has 104 valence electrons. The fraction of sp³-hybridized carbons (Fsp3) is 0.533. The summed E-state index contributed by atoms with van der Waals surface area (Å²) in [5, 5.41) is 21.8. The second-order valence-electron chi connectivity index (χ2n) is 5.83. The summed E-state index contributed by atoms with van der Waals surface area (Å²) >= 11 is 0. The fourth-order valence-corrected chi connectivity index (χ4v) is 3.77. The second-order valence-corrected chi connectivity index (χ2v) is 5.83. The van der Waals surface area contributed by atoms with Crippen LogP contribution in [-0.2, 0) is 4.79 Å². The lowest BCUT2D eigenvalue weighted by atomic mass is 9.84. The maximum atomic E-state index is 11.5. The van der Waals surface area contributed by atoms with Gasteiger partial charge in [0.05, 0.1) is 11.5 Å². The molecule has 0 aliphatic heterocycles. The van der Waals surface area contributed by atoms with E-state index in [0.29, 0.717) is 17.3 Å². The zero-order chi connectivity index (χ0) is 14.3. The molecule has 0 aromatic carbocycles. The lowest BCUT2D eigenvalue weighted by Crippen LogP contribution is -2.39. The summed E-state index contributed by atoms with van der Waals surface area (Å²) in [4.78, 5) is 15.8. The van der Waals surface area contributed by atoms with Crippen LogP contribution < -0.4 is 5.32 Å². The van der Waals surface area contributed by atoms with Crippen LogP contribution in [0.5, 0.6) is 0 Å². The summed E-state index contributed by atoms with van der Waals surface area (Å²) in [6.07, 6.45) is 3.05. The quantitative estimate of drug-likeness (QED) is 0.880. The van der Waals surface area contributed by atoms with Crippen molar-refractivity contribution in [1.82, 2.24) is 4.98 Å². The van der Waals surface area contributed by atoms with E-state index in [1.54, 1.807) is 12.1 Å². The molecule has 3 rings (SSSR count). The lowest BCUT2D eigenvalue weighted by molar-refractivity contribution is -0.143. The van der Waals surface area contributed by atoms with Crippen molar-refractivity contribution < 1.29 is 9.90 Å². The summed E-state index contributed by atoms with van der Waals surface area (Å²) in [5.41, 5.74) is 1.30. The van der Waals surface area contributed by atoms with Crippen LogP contribution in [0.25, 0.3) is 0 Å². The van der Waals surface area contributed by atoms with Gasteiger partial charge in [0.25, 0.3) is 0 Å². The van der Waals surface area contributed by atoms with Crippen LogP contribution >= 0.6 is 0 Å². The predicted molar refractivity (Wildman–Crippen MR) is 73.1 cm³/mol. The standard InChI is InChI=1S/C15H17N3O2/c1-8-2-3-11(7-16)14(17-8)18-13-10-5-4-9(6-10)12(13)15(19)20/h2-3,9-10,12-13H,4-6H2,1H3,(H,17,18)(H,19,20). The van der Waals surface area contributed by atoms with Gasteiger partial charge in [-0.1, -0.05) is 0 Å². The highest BCUT2D eigenvalue weighted by Crippen LogP contribution is 2.49.